The van der Waals surface area contributed by atoms with Crippen LogP contribution in [0, 0.1) is 0 Å². The second-order valence-corrected chi connectivity index (χ2v) is 7.45. The van der Waals surface area contributed by atoms with Crippen LogP contribution in [0.15, 0.2) is 36.8 Å². The number of H-pyrrole nitrogens is 1. The number of fused-ring (bicyclic) bond motifs is 3. The third-order valence-corrected chi connectivity index (χ3v) is 3.69. The van der Waals surface area contributed by atoms with Crippen molar-refractivity contribution in [1.82, 2.24) is 15.0 Å². The molecule has 130 valence electrons. The van der Waals surface area contributed by atoms with Gasteiger partial charge in [0.2, 0.25) is 0 Å². The molecule has 0 spiro atoms. The van der Waals surface area contributed by atoms with Gasteiger partial charge in [-0.15, -0.1) is 0 Å². The van der Waals surface area contributed by atoms with E-state index in [9.17, 15) is 9.46 Å². The first kappa shape index (κ1) is 18.5. The van der Waals surface area contributed by atoms with Crippen molar-refractivity contribution in [3.8, 4) is 0 Å². The average Bonchev–Trinajstić information content (AvgIpc) is 2.94. The van der Waals surface area contributed by atoms with Crippen molar-refractivity contribution in [3.63, 3.8) is 0 Å². The van der Waals surface area contributed by atoms with E-state index in [2.05, 4.69) is 19.5 Å². The van der Waals surface area contributed by atoms with Crippen LogP contribution in [0.4, 0.5) is 0 Å². The van der Waals surface area contributed by atoms with E-state index in [0.29, 0.717) is 11.0 Å². The monoisotopic (exact) mass is 352 g/mol. The van der Waals surface area contributed by atoms with E-state index in [4.69, 9.17) is 4.89 Å². The predicted octanol–water partition coefficient (Wildman–Crippen LogP) is 1.28. The molecular formula is C15H21N4O4P. The Labute approximate surface area is 139 Å². The van der Waals surface area contributed by atoms with Gasteiger partial charge in [0.1, 0.15) is 18.7 Å². The molecule has 0 fully saturated rings. The lowest BCUT2D eigenvalue weighted by atomic mass is 10.2. The second kappa shape index (κ2) is 7.38. The third-order valence-electron chi connectivity index (χ3n) is 3.18. The van der Waals surface area contributed by atoms with Gasteiger partial charge in [-0.1, -0.05) is 12.1 Å². The number of likely N-dealkylation sites (N-methyl/N-ethyl adjacent to an activating group) is 1. The highest BCUT2D eigenvalue weighted by molar-refractivity contribution is 7.44. The van der Waals surface area contributed by atoms with Crippen LogP contribution in [-0.2, 0) is 9.09 Å². The predicted molar refractivity (Wildman–Crippen MR) is 90.1 cm³/mol. The van der Waals surface area contributed by atoms with Gasteiger partial charge in [-0.05, 0) is 12.1 Å². The summed E-state index contributed by atoms with van der Waals surface area (Å²) in [5.41, 5.74) is 2.94. The number of hydrogen-bond acceptors (Lipinski definition) is 5. The van der Waals surface area contributed by atoms with Crippen LogP contribution in [0.25, 0.3) is 21.9 Å². The number of phosphoric ester groups is 1. The maximum atomic E-state index is 10.1. The molecule has 3 aromatic rings. The van der Waals surface area contributed by atoms with Crippen molar-refractivity contribution < 1.29 is 23.4 Å². The summed E-state index contributed by atoms with van der Waals surface area (Å²) in [5, 5.41) is 1.13. The Morgan fingerprint density at radius 2 is 2.00 bits per heavy atom. The first-order valence-corrected chi connectivity index (χ1v) is 8.81. The Hall–Kier alpha value is -1.83. The molecule has 0 aliphatic carbocycles. The SMILES string of the molecule is C[N+](C)(C)CCOP(=O)([O-])O.c1cnc2c(c1)ccc1[nH]cnc12. The van der Waals surface area contributed by atoms with Crippen molar-refractivity contribution in [2.45, 2.75) is 0 Å². The smallest absolute Gasteiger partial charge is 0.265 e. The van der Waals surface area contributed by atoms with E-state index in [-0.39, 0.29) is 6.61 Å². The highest BCUT2D eigenvalue weighted by Crippen LogP contribution is 2.29. The number of hydrogen-bond donors (Lipinski definition) is 2. The van der Waals surface area contributed by atoms with Gasteiger partial charge in [0, 0.05) is 11.6 Å². The Balaban J connectivity index is 0.000000178. The highest BCUT2D eigenvalue weighted by Gasteiger charge is 2.09. The molecule has 0 saturated carbocycles. The lowest BCUT2D eigenvalue weighted by Gasteiger charge is -2.25. The Bertz CT molecular complexity index is 853. The molecule has 0 radical (unpaired) electrons. The number of phosphoric acid groups is 1. The summed E-state index contributed by atoms with van der Waals surface area (Å²) in [7, 11) is 1.19. The largest absolute Gasteiger partial charge is 0.756 e. The number of benzene rings is 1. The van der Waals surface area contributed by atoms with Crippen molar-refractivity contribution >= 4 is 29.8 Å². The molecule has 1 unspecified atom stereocenters. The van der Waals surface area contributed by atoms with Gasteiger partial charge in [-0.25, -0.2) is 4.98 Å². The lowest BCUT2D eigenvalue weighted by Crippen LogP contribution is -2.37. The molecule has 0 bridgehead atoms. The molecule has 8 nitrogen and oxygen atoms in total. The van der Waals surface area contributed by atoms with E-state index < -0.39 is 7.82 Å². The zero-order valence-corrected chi connectivity index (χ0v) is 14.7. The average molecular weight is 352 g/mol. The minimum absolute atomic E-state index is 0.0147. The summed E-state index contributed by atoms with van der Waals surface area (Å²) in [4.78, 5) is 29.8. The zero-order valence-electron chi connectivity index (χ0n) is 13.8. The number of nitrogens with zero attached hydrogens (tertiary/aromatic N) is 3. The molecule has 0 saturated heterocycles. The summed E-state index contributed by atoms with van der Waals surface area (Å²) < 4.78 is 14.8. The van der Waals surface area contributed by atoms with Gasteiger partial charge in [0.25, 0.3) is 7.82 Å². The summed E-state index contributed by atoms with van der Waals surface area (Å²) in [6.07, 6.45) is 3.48. The molecule has 2 aromatic heterocycles. The molecule has 1 aromatic carbocycles. The van der Waals surface area contributed by atoms with E-state index in [1.807, 2.05) is 45.4 Å². The lowest BCUT2D eigenvalue weighted by molar-refractivity contribution is -0.870. The highest BCUT2D eigenvalue weighted by atomic mass is 31.2. The first-order chi connectivity index (χ1) is 11.2. The van der Waals surface area contributed by atoms with Gasteiger partial charge >= 0.3 is 0 Å². The van der Waals surface area contributed by atoms with Crippen molar-refractivity contribution in [2.24, 2.45) is 0 Å². The minimum Gasteiger partial charge on any atom is -0.756 e. The molecule has 0 aliphatic heterocycles. The van der Waals surface area contributed by atoms with Gasteiger partial charge in [0.05, 0.1) is 38.5 Å². The molecule has 2 N–H and O–H groups in total. The van der Waals surface area contributed by atoms with Crippen molar-refractivity contribution in [3.05, 3.63) is 36.8 Å². The molecule has 0 amide bonds. The standard InChI is InChI=1S/C10H7N3.C5H14NO4P/c1-2-7-3-4-8-10(13-6-12-8)9(7)11-5-1;1-6(2,3)4-5-10-11(7,8)9/h1-6H,(H,12,13);4-5H2,1-3H3,(H-,7,8,9). The number of aromatic amines is 1. The van der Waals surface area contributed by atoms with E-state index in [0.717, 1.165) is 21.9 Å². The topological polar surface area (TPSA) is 111 Å². The number of quaternary nitrogens is 1. The van der Waals surface area contributed by atoms with Gasteiger partial charge < -0.3 is 23.8 Å². The summed E-state index contributed by atoms with van der Waals surface area (Å²) in [6.45, 7) is 0.549. The molecule has 2 heterocycles. The molecule has 24 heavy (non-hydrogen) atoms. The summed E-state index contributed by atoms with van der Waals surface area (Å²) in [6, 6.07) is 8.03. The third kappa shape index (κ3) is 5.67. The maximum Gasteiger partial charge on any atom is 0.265 e. The summed E-state index contributed by atoms with van der Waals surface area (Å²) >= 11 is 0. The number of imidazole rings is 1. The first-order valence-electron chi connectivity index (χ1n) is 7.31. The van der Waals surface area contributed by atoms with Crippen LogP contribution >= 0.6 is 7.82 Å². The second-order valence-electron chi connectivity index (χ2n) is 6.26. The van der Waals surface area contributed by atoms with E-state index >= 15 is 0 Å². The number of rotatable bonds is 4. The quantitative estimate of drug-likeness (QED) is 0.540. The molecular weight excluding hydrogens is 331 g/mol. The Kier molecular flexibility index (Phi) is 5.69. The molecule has 9 heteroatoms. The van der Waals surface area contributed by atoms with Crippen molar-refractivity contribution in [2.75, 3.05) is 34.3 Å². The fourth-order valence-electron chi connectivity index (χ4n) is 1.97. The Morgan fingerprint density at radius 1 is 1.25 bits per heavy atom. The minimum atomic E-state index is -4.51. The summed E-state index contributed by atoms with van der Waals surface area (Å²) in [5.74, 6) is 0. The van der Waals surface area contributed by atoms with Crippen LogP contribution in [0.1, 0.15) is 0 Å². The van der Waals surface area contributed by atoms with Crippen molar-refractivity contribution in [1.29, 1.82) is 0 Å². The van der Waals surface area contributed by atoms with E-state index in [1.54, 1.807) is 12.5 Å². The molecule has 3 rings (SSSR count). The normalized spacial score (nSPS) is 14.2. The van der Waals surface area contributed by atoms with Gasteiger partial charge in [0.15, 0.2) is 0 Å². The zero-order chi connectivity index (χ0) is 17.8. The fraction of sp³-hybridized carbons (Fsp3) is 0.333. The van der Waals surface area contributed by atoms with Gasteiger partial charge in [-0.3, -0.25) is 9.55 Å². The Morgan fingerprint density at radius 3 is 2.67 bits per heavy atom. The maximum absolute atomic E-state index is 10.1. The van der Waals surface area contributed by atoms with Crippen LogP contribution in [0.3, 0.4) is 0 Å². The van der Waals surface area contributed by atoms with Crippen LogP contribution in [0.5, 0.6) is 0 Å². The fourth-order valence-corrected chi connectivity index (χ4v) is 2.29. The van der Waals surface area contributed by atoms with Crippen LogP contribution < -0.4 is 4.89 Å². The van der Waals surface area contributed by atoms with Crippen LogP contribution in [-0.4, -0.2) is 58.6 Å². The van der Waals surface area contributed by atoms with Gasteiger partial charge in [-0.2, -0.15) is 0 Å². The molecule has 0 aliphatic rings. The number of nitrogens with one attached hydrogen (secondary N) is 1. The number of pyridine rings is 1. The van der Waals surface area contributed by atoms with Crippen LogP contribution in [0.2, 0.25) is 0 Å². The molecule has 1 atom stereocenters. The number of aromatic nitrogens is 3. The van der Waals surface area contributed by atoms with E-state index in [1.165, 1.54) is 0 Å².